The van der Waals surface area contributed by atoms with Crippen molar-refractivity contribution in [2.75, 3.05) is 39.3 Å². The Kier molecular flexibility index (Phi) is 5.40. The lowest BCUT2D eigenvalue weighted by Crippen LogP contribution is -2.61. The highest BCUT2D eigenvalue weighted by Gasteiger charge is 2.64. The second kappa shape index (κ2) is 7.70. The van der Waals surface area contributed by atoms with Crippen LogP contribution in [-0.4, -0.2) is 60.4 Å². The third-order valence-electron chi connectivity index (χ3n) is 6.35. The number of alkyl halides is 3. The fraction of sp³-hybridized carbons (Fsp3) is 0.455. The van der Waals surface area contributed by atoms with Crippen molar-refractivity contribution in [2.24, 2.45) is 0 Å². The number of hydrogen-bond acceptors (Lipinski definition) is 3. The number of benzene rings is 2. The van der Waals surface area contributed by atoms with Gasteiger partial charge in [-0.05, 0) is 35.2 Å². The molecule has 2 unspecified atom stereocenters. The summed E-state index contributed by atoms with van der Waals surface area (Å²) in [6.07, 6.45) is -4.56. The first-order chi connectivity index (χ1) is 13.9. The molecule has 0 saturated carbocycles. The highest BCUT2D eigenvalue weighted by atomic mass is 19.4. The van der Waals surface area contributed by atoms with Crippen LogP contribution in [0.2, 0.25) is 0 Å². The molecule has 1 aliphatic carbocycles. The summed E-state index contributed by atoms with van der Waals surface area (Å²) in [4.78, 5) is 3.54. The Hall–Kier alpha value is -1.96. The van der Waals surface area contributed by atoms with E-state index in [0.29, 0.717) is 36.3 Å². The summed E-state index contributed by atoms with van der Waals surface area (Å²) < 4.78 is 57.6. The minimum atomic E-state index is -4.45. The van der Waals surface area contributed by atoms with Crippen molar-refractivity contribution in [1.82, 2.24) is 9.80 Å². The van der Waals surface area contributed by atoms with Gasteiger partial charge >= 0.3 is 6.18 Å². The Balaban J connectivity index is 1.75. The number of aliphatic hydroxyl groups excluding tert-OH is 1. The number of rotatable bonds is 4. The topological polar surface area (TPSA) is 26.7 Å². The Bertz CT molecular complexity index is 847. The molecular formula is C22H24F4N2O. The van der Waals surface area contributed by atoms with E-state index < -0.39 is 23.5 Å². The van der Waals surface area contributed by atoms with Gasteiger partial charge in [-0.15, -0.1) is 0 Å². The quantitative estimate of drug-likeness (QED) is 0.781. The molecule has 3 nitrogen and oxygen atoms in total. The second-order valence-electron chi connectivity index (χ2n) is 7.81. The predicted molar refractivity (Wildman–Crippen MR) is 102 cm³/mol. The van der Waals surface area contributed by atoms with Crippen molar-refractivity contribution < 1.29 is 22.7 Å². The normalized spacial score (nSPS) is 25.9. The molecule has 0 radical (unpaired) electrons. The van der Waals surface area contributed by atoms with Crippen LogP contribution in [0, 0.1) is 5.82 Å². The number of halogens is 4. The molecule has 0 spiro atoms. The second-order valence-corrected chi connectivity index (χ2v) is 7.81. The van der Waals surface area contributed by atoms with Crippen LogP contribution in [0.1, 0.15) is 29.0 Å². The third kappa shape index (κ3) is 3.45. The maximum atomic E-state index is 14.7. The van der Waals surface area contributed by atoms with Crippen LogP contribution in [0.3, 0.4) is 0 Å². The average molecular weight is 408 g/mol. The molecule has 2 aromatic carbocycles. The summed E-state index contributed by atoms with van der Waals surface area (Å²) in [5.41, 5.74) is -0.399. The number of β-amino-alcohol motifs (C(OH)–C–C–N with tert-alkyl or cyclic N) is 1. The van der Waals surface area contributed by atoms with Gasteiger partial charge in [-0.2, -0.15) is 13.2 Å². The van der Waals surface area contributed by atoms with Gasteiger partial charge in [-0.25, -0.2) is 4.39 Å². The lowest BCUT2D eigenvalue weighted by atomic mass is 9.86. The molecule has 1 heterocycles. The van der Waals surface area contributed by atoms with E-state index in [1.54, 1.807) is 41.3 Å². The van der Waals surface area contributed by atoms with Gasteiger partial charge in [0.25, 0.3) is 0 Å². The van der Waals surface area contributed by atoms with Crippen molar-refractivity contribution >= 4 is 0 Å². The standard InChI is InChI=1S/C22H24F4N2O/c23-17-7-5-16(6-8-17)19-15-21(22(24,25)26,20-4-2-1-3-18(19)20)28-11-9-27(10-12-28)13-14-29/h1-8,19,29H,9-15H2. The Morgan fingerprint density at radius 3 is 2.24 bits per heavy atom. The SMILES string of the molecule is OCCN1CCN(C2(C(F)(F)F)CC(c3ccc(F)cc3)c3ccccc32)CC1. The molecule has 2 atom stereocenters. The van der Waals surface area contributed by atoms with Gasteiger partial charge in [-0.3, -0.25) is 9.80 Å². The van der Waals surface area contributed by atoms with Gasteiger partial charge in [0.05, 0.1) is 6.61 Å². The highest BCUT2D eigenvalue weighted by Crippen LogP contribution is 2.57. The van der Waals surface area contributed by atoms with Crippen LogP contribution < -0.4 is 0 Å². The van der Waals surface area contributed by atoms with E-state index in [2.05, 4.69) is 0 Å². The van der Waals surface area contributed by atoms with Crippen LogP contribution in [0.4, 0.5) is 17.6 Å². The van der Waals surface area contributed by atoms with Crippen molar-refractivity contribution in [2.45, 2.75) is 24.1 Å². The molecule has 1 N–H and O–H groups in total. The van der Waals surface area contributed by atoms with Gasteiger partial charge in [0.1, 0.15) is 11.4 Å². The smallest absolute Gasteiger partial charge is 0.395 e. The molecule has 1 aliphatic heterocycles. The zero-order chi connectivity index (χ0) is 20.6. The van der Waals surface area contributed by atoms with Gasteiger partial charge in [-0.1, -0.05) is 36.4 Å². The van der Waals surface area contributed by atoms with E-state index in [1.807, 2.05) is 4.90 Å². The summed E-state index contributed by atoms with van der Waals surface area (Å²) in [5, 5.41) is 9.12. The molecule has 1 fully saturated rings. The Morgan fingerprint density at radius 1 is 0.966 bits per heavy atom. The first kappa shape index (κ1) is 20.3. The third-order valence-corrected chi connectivity index (χ3v) is 6.35. The zero-order valence-corrected chi connectivity index (χ0v) is 16.0. The number of fused-ring (bicyclic) bond motifs is 1. The van der Waals surface area contributed by atoms with Crippen molar-refractivity contribution in [3.63, 3.8) is 0 Å². The summed E-state index contributed by atoms with van der Waals surface area (Å²) >= 11 is 0. The maximum Gasteiger partial charge on any atom is 0.411 e. The highest BCUT2D eigenvalue weighted by molar-refractivity contribution is 5.48. The lowest BCUT2D eigenvalue weighted by molar-refractivity contribution is -0.243. The van der Waals surface area contributed by atoms with E-state index in [-0.39, 0.29) is 26.1 Å². The van der Waals surface area contributed by atoms with E-state index in [1.165, 1.54) is 12.1 Å². The Morgan fingerprint density at radius 2 is 1.62 bits per heavy atom. The number of hydrogen-bond donors (Lipinski definition) is 1. The van der Waals surface area contributed by atoms with Crippen LogP contribution in [0.25, 0.3) is 0 Å². The number of piperazine rings is 1. The minimum absolute atomic E-state index is 0.000111. The fourth-order valence-corrected chi connectivity index (χ4v) is 4.93. The lowest BCUT2D eigenvalue weighted by Gasteiger charge is -2.47. The molecule has 2 aliphatic rings. The predicted octanol–water partition coefficient (Wildman–Crippen LogP) is 3.73. The van der Waals surface area contributed by atoms with E-state index in [0.717, 1.165) is 0 Å². The van der Waals surface area contributed by atoms with E-state index in [9.17, 15) is 17.6 Å². The molecule has 29 heavy (non-hydrogen) atoms. The minimum Gasteiger partial charge on any atom is -0.395 e. The van der Waals surface area contributed by atoms with Gasteiger partial charge in [0.15, 0.2) is 0 Å². The molecular weight excluding hydrogens is 384 g/mol. The monoisotopic (exact) mass is 408 g/mol. The van der Waals surface area contributed by atoms with Crippen LogP contribution in [0.15, 0.2) is 48.5 Å². The summed E-state index contributed by atoms with van der Waals surface area (Å²) in [5.74, 6) is -0.842. The fourth-order valence-electron chi connectivity index (χ4n) is 4.93. The number of aliphatic hydroxyl groups is 1. The molecule has 156 valence electrons. The summed E-state index contributed by atoms with van der Waals surface area (Å²) in [6, 6.07) is 12.6. The summed E-state index contributed by atoms with van der Waals surface area (Å²) in [7, 11) is 0. The molecule has 7 heteroatoms. The molecule has 1 saturated heterocycles. The molecule has 4 rings (SSSR count). The van der Waals surface area contributed by atoms with Gasteiger partial charge < -0.3 is 5.11 Å². The van der Waals surface area contributed by atoms with Crippen LogP contribution in [-0.2, 0) is 5.54 Å². The first-order valence-electron chi connectivity index (χ1n) is 9.86. The molecule has 0 amide bonds. The van der Waals surface area contributed by atoms with Crippen molar-refractivity contribution in [1.29, 1.82) is 0 Å². The zero-order valence-electron chi connectivity index (χ0n) is 16.0. The number of nitrogens with zero attached hydrogens (tertiary/aromatic N) is 2. The van der Waals surface area contributed by atoms with Gasteiger partial charge in [0.2, 0.25) is 0 Å². The van der Waals surface area contributed by atoms with Crippen molar-refractivity contribution in [3.05, 3.63) is 71.0 Å². The van der Waals surface area contributed by atoms with Gasteiger partial charge in [0, 0.05) is 38.6 Å². The molecule has 2 aromatic rings. The average Bonchev–Trinajstić information content (AvgIpc) is 3.06. The van der Waals surface area contributed by atoms with Crippen LogP contribution >= 0.6 is 0 Å². The van der Waals surface area contributed by atoms with E-state index in [4.69, 9.17) is 5.11 Å². The van der Waals surface area contributed by atoms with Crippen molar-refractivity contribution in [3.8, 4) is 0 Å². The first-order valence-corrected chi connectivity index (χ1v) is 9.86. The Labute approximate surface area is 167 Å². The van der Waals surface area contributed by atoms with E-state index >= 15 is 0 Å². The molecule has 0 bridgehead atoms. The maximum absolute atomic E-state index is 14.7. The van der Waals surface area contributed by atoms with Crippen LogP contribution in [0.5, 0.6) is 0 Å². The molecule has 0 aromatic heterocycles. The largest absolute Gasteiger partial charge is 0.411 e. The summed E-state index contributed by atoms with van der Waals surface area (Å²) in [6.45, 7) is 2.01.